The van der Waals surface area contributed by atoms with Crippen molar-refractivity contribution in [3.63, 3.8) is 0 Å². The third-order valence-corrected chi connectivity index (χ3v) is 3.52. The van der Waals surface area contributed by atoms with Crippen LogP contribution < -0.4 is 5.32 Å². The van der Waals surface area contributed by atoms with Crippen LogP contribution in [0.5, 0.6) is 0 Å². The highest BCUT2D eigenvalue weighted by Gasteiger charge is 2.34. The number of anilines is 1. The van der Waals surface area contributed by atoms with Crippen molar-refractivity contribution < 1.29 is 9.90 Å². The Hall–Kier alpha value is -0.930. The van der Waals surface area contributed by atoms with Gasteiger partial charge in [-0.1, -0.05) is 23.2 Å². The minimum atomic E-state index is -0.716. The van der Waals surface area contributed by atoms with E-state index in [9.17, 15) is 4.79 Å². The maximum Gasteiger partial charge on any atom is 0.306 e. The number of halogens is 2. The van der Waals surface area contributed by atoms with Crippen LogP contribution in [0.3, 0.4) is 0 Å². The number of carboxylic acid groups (broad SMARTS) is 1. The molecule has 16 heavy (non-hydrogen) atoms. The van der Waals surface area contributed by atoms with Gasteiger partial charge in [0.05, 0.1) is 16.0 Å². The summed E-state index contributed by atoms with van der Waals surface area (Å²) in [6, 6.07) is 5.53. The summed E-state index contributed by atoms with van der Waals surface area (Å²) in [6.07, 6.45) is 1.32. The van der Waals surface area contributed by atoms with Gasteiger partial charge in [-0.25, -0.2) is 0 Å². The van der Waals surface area contributed by atoms with E-state index in [0.29, 0.717) is 22.9 Å². The molecular weight excluding hydrogens is 249 g/mol. The number of hydrogen-bond acceptors (Lipinski definition) is 2. The zero-order valence-corrected chi connectivity index (χ0v) is 9.92. The predicted molar refractivity (Wildman–Crippen MR) is 64.2 cm³/mol. The van der Waals surface area contributed by atoms with Crippen molar-refractivity contribution in [2.24, 2.45) is 5.92 Å². The third-order valence-electron chi connectivity index (χ3n) is 2.78. The smallest absolute Gasteiger partial charge is 0.306 e. The highest BCUT2D eigenvalue weighted by Crippen LogP contribution is 2.32. The summed E-state index contributed by atoms with van der Waals surface area (Å²) in [5, 5.41) is 13.0. The Morgan fingerprint density at radius 2 is 2.00 bits per heavy atom. The Kier molecular flexibility index (Phi) is 3.26. The van der Waals surface area contributed by atoms with Crippen LogP contribution in [0.25, 0.3) is 0 Å². The molecule has 1 saturated carbocycles. The Bertz CT molecular complexity index is 416. The van der Waals surface area contributed by atoms with E-state index in [1.165, 1.54) is 0 Å². The molecule has 3 nitrogen and oxygen atoms in total. The van der Waals surface area contributed by atoms with Crippen molar-refractivity contribution in [1.29, 1.82) is 0 Å². The highest BCUT2D eigenvalue weighted by atomic mass is 35.5. The van der Waals surface area contributed by atoms with Gasteiger partial charge in [0.2, 0.25) is 0 Å². The lowest BCUT2D eigenvalue weighted by atomic mass is 9.80. The summed E-state index contributed by atoms with van der Waals surface area (Å²) in [4.78, 5) is 10.6. The molecule has 1 aromatic carbocycles. The number of aliphatic carboxylic acids is 1. The summed E-state index contributed by atoms with van der Waals surface area (Å²) in [7, 11) is 0. The Morgan fingerprint density at radius 3 is 2.56 bits per heavy atom. The standard InChI is InChI=1S/C11H11Cl2NO2/c12-9-2-1-7(5-10(9)13)14-8-3-6(4-8)11(15)16/h1-2,5-6,8,14H,3-4H2,(H,15,16). The first-order valence-corrected chi connectivity index (χ1v) is 5.76. The van der Waals surface area contributed by atoms with E-state index in [-0.39, 0.29) is 12.0 Å². The van der Waals surface area contributed by atoms with Crippen molar-refractivity contribution in [3.05, 3.63) is 28.2 Å². The summed E-state index contributed by atoms with van der Waals surface area (Å²) >= 11 is 11.7. The average molecular weight is 260 g/mol. The fraction of sp³-hybridized carbons (Fsp3) is 0.364. The number of carbonyl (C=O) groups is 1. The molecule has 1 aliphatic carbocycles. The van der Waals surface area contributed by atoms with Crippen molar-refractivity contribution in [2.45, 2.75) is 18.9 Å². The molecule has 0 bridgehead atoms. The SMILES string of the molecule is O=C(O)C1CC(Nc2ccc(Cl)c(Cl)c2)C1. The fourth-order valence-corrected chi connectivity index (χ4v) is 2.06. The van der Waals surface area contributed by atoms with E-state index < -0.39 is 5.97 Å². The van der Waals surface area contributed by atoms with Crippen LogP contribution in [0.1, 0.15) is 12.8 Å². The lowest BCUT2D eigenvalue weighted by Crippen LogP contribution is -2.39. The average Bonchev–Trinajstić information content (AvgIpc) is 2.15. The zero-order valence-electron chi connectivity index (χ0n) is 8.41. The summed E-state index contributed by atoms with van der Waals surface area (Å²) < 4.78 is 0. The molecule has 0 amide bonds. The van der Waals surface area contributed by atoms with Crippen LogP contribution in [0.2, 0.25) is 10.0 Å². The van der Waals surface area contributed by atoms with Gasteiger partial charge in [0.25, 0.3) is 0 Å². The van der Waals surface area contributed by atoms with Gasteiger partial charge >= 0.3 is 5.97 Å². The molecule has 2 N–H and O–H groups in total. The topological polar surface area (TPSA) is 49.3 Å². The molecule has 0 saturated heterocycles. The van der Waals surface area contributed by atoms with Crippen LogP contribution in [-0.2, 0) is 4.79 Å². The molecule has 0 aromatic heterocycles. The first-order valence-electron chi connectivity index (χ1n) is 5.00. The number of nitrogens with one attached hydrogen (secondary N) is 1. The number of rotatable bonds is 3. The molecule has 0 aliphatic heterocycles. The van der Waals surface area contributed by atoms with Crippen molar-refractivity contribution in [3.8, 4) is 0 Å². The first kappa shape index (κ1) is 11.6. The Morgan fingerprint density at radius 1 is 1.31 bits per heavy atom. The number of hydrogen-bond donors (Lipinski definition) is 2. The van der Waals surface area contributed by atoms with E-state index in [0.717, 1.165) is 5.69 Å². The fourth-order valence-electron chi connectivity index (χ4n) is 1.76. The van der Waals surface area contributed by atoms with E-state index in [1.807, 2.05) is 6.07 Å². The van der Waals surface area contributed by atoms with Gasteiger partial charge in [-0.15, -0.1) is 0 Å². The molecule has 0 heterocycles. The lowest BCUT2D eigenvalue weighted by molar-refractivity contribution is -0.144. The summed E-state index contributed by atoms with van der Waals surface area (Å²) in [5.74, 6) is -0.924. The molecule has 1 fully saturated rings. The van der Waals surface area contributed by atoms with Crippen LogP contribution in [0.4, 0.5) is 5.69 Å². The van der Waals surface area contributed by atoms with Gasteiger partial charge in [0, 0.05) is 11.7 Å². The molecule has 1 aliphatic rings. The number of benzene rings is 1. The third kappa shape index (κ3) is 2.42. The monoisotopic (exact) mass is 259 g/mol. The van der Waals surface area contributed by atoms with Crippen LogP contribution in [0.15, 0.2) is 18.2 Å². The molecule has 0 radical (unpaired) electrons. The quantitative estimate of drug-likeness (QED) is 0.876. The van der Waals surface area contributed by atoms with Crippen molar-refractivity contribution in [2.75, 3.05) is 5.32 Å². The second-order valence-corrected chi connectivity index (χ2v) is 4.79. The minimum Gasteiger partial charge on any atom is -0.481 e. The van der Waals surface area contributed by atoms with Gasteiger partial charge in [0.1, 0.15) is 0 Å². The maximum absolute atomic E-state index is 10.6. The Labute approximate surface area is 103 Å². The molecule has 1 aromatic rings. The molecule has 5 heteroatoms. The molecule has 0 unspecified atom stereocenters. The zero-order chi connectivity index (χ0) is 11.7. The van der Waals surface area contributed by atoms with E-state index in [2.05, 4.69) is 5.32 Å². The van der Waals surface area contributed by atoms with Gasteiger partial charge in [-0.2, -0.15) is 0 Å². The molecule has 2 rings (SSSR count). The molecular formula is C11H11Cl2NO2. The normalized spacial score (nSPS) is 23.6. The van der Waals surface area contributed by atoms with E-state index in [1.54, 1.807) is 12.1 Å². The predicted octanol–water partition coefficient (Wildman–Crippen LogP) is 3.27. The second-order valence-electron chi connectivity index (χ2n) is 3.98. The van der Waals surface area contributed by atoms with Gasteiger partial charge in [-0.05, 0) is 31.0 Å². The first-order chi connectivity index (χ1) is 7.56. The Balaban J connectivity index is 1.91. The van der Waals surface area contributed by atoms with Gasteiger partial charge < -0.3 is 10.4 Å². The highest BCUT2D eigenvalue weighted by molar-refractivity contribution is 6.42. The van der Waals surface area contributed by atoms with E-state index >= 15 is 0 Å². The second kappa shape index (κ2) is 4.52. The summed E-state index contributed by atoms with van der Waals surface area (Å²) in [5.41, 5.74) is 0.878. The number of carboxylic acids is 1. The van der Waals surface area contributed by atoms with Crippen LogP contribution in [0, 0.1) is 5.92 Å². The lowest BCUT2D eigenvalue weighted by Gasteiger charge is -2.33. The largest absolute Gasteiger partial charge is 0.481 e. The van der Waals surface area contributed by atoms with Gasteiger partial charge in [-0.3, -0.25) is 4.79 Å². The summed E-state index contributed by atoms with van der Waals surface area (Å²) in [6.45, 7) is 0. The van der Waals surface area contributed by atoms with Crippen LogP contribution >= 0.6 is 23.2 Å². The van der Waals surface area contributed by atoms with Crippen molar-refractivity contribution >= 4 is 34.9 Å². The van der Waals surface area contributed by atoms with Crippen molar-refractivity contribution in [1.82, 2.24) is 0 Å². The van der Waals surface area contributed by atoms with Crippen LogP contribution in [-0.4, -0.2) is 17.1 Å². The molecule has 0 atom stereocenters. The maximum atomic E-state index is 10.6. The minimum absolute atomic E-state index is 0.208. The van der Waals surface area contributed by atoms with E-state index in [4.69, 9.17) is 28.3 Å². The van der Waals surface area contributed by atoms with Gasteiger partial charge in [0.15, 0.2) is 0 Å². The molecule has 86 valence electrons. The molecule has 0 spiro atoms.